The van der Waals surface area contributed by atoms with Crippen LogP contribution < -0.4 is 14.4 Å². The Morgan fingerprint density at radius 2 is 1.49 bits per heavy atom. The van der Waals surface area contributed by atoms with E-state index in [1.54, 1.807) is 42.5 Å². The van der Waals surface area contributed by atoms with Gasteiger partial charge < -0.3 is 15.0 Å². The summed E-state index contributed by atoms with van der Waals surface area (Å²) < 4.78 is 34.4. The molecule has 3 aromatic carbocycles. The minimum Gasteiger partial charge on any atom is -0.494 e. The molecule has 0 saturated heterocycles. The molecule has 0 spiro atoms. The molecule has 0 aliphatic carbocycles. The van der Waals surface area contributed by atoms with Crippen LogP contribution in [0, 0.1) is 5.92 Å². The van der Waals surface area contributed by atoms with Gasteiger partial charge in [0.25, 0.3) is 10.0 Å². The molecule has 9 heteroatoms. The fourth-order valence-electron chi connectivity index (χ4n) is 4.44. The Morgan fingerprint density at radius 3 is 2.05 bits per heavy atom. The van der Waals surface area contributed by atoms with E-state index in [4.69, 9.17) is 4.74 Å². The maximum atomic E-state index is 14.1. The molecular formula is C32H41N3O5S. The zero-order valence-electron chi connectivity index (χ0n) is 24.3. The molecule has 0 saturated carbocycles. The van der Waals surface area contributed by atoms with E-state index in [1.807, 2.05) is 58.0 Å². The predicted octanol–water partition coefficient (Wildman–Crippen LogP) is 4.90. The van der Waals surface area contributed by atoms with E-state index in [0.717, 1.165) is 9.87 Å². The highest BCUT2D eigenvalue weighted by atomic mass is 32.2. The summed E-state index contributed by atoms with van der Waals surface area (Å²) in [4.78, 5) is 28.9. The molecule has 1 N–H and O–H groups in total. The second-order valence-corrected chi connectivity index (χ2v) is 12.0. The lowest BCUT2D eigenvalue weighted by atomic mass is 10.1. The molecule has 3 aromatic rings. The molecule has 0 heterocycles. The maximum Gasteiger partial charge on any atom is 0.264 e. The van der Waals surface area contributed by atoms with Crippen LogP contribution in [0.15, 0.2) is 89.8 Å². The molecule has 0 aromatic heterocycles. The summed E-state index contributed by atoms with van der Waals surface area (Å²) in [6.45, 7) is 8.48. The van der Waals surface area contributed by atoms with E-state index in [-0.39, 0.29) is 23.3 Å². The third-order valence-electron chi connectivity index (χ3n) is 6.60. The number of nitrogens with zero attached hydrogens (tertiary/aromatic N) is 2. The Hall–Kier alpha value is -3.85. The third kappa shape index (κ3) is 8.82. The highest BCUT2D eigenvalue weighted by molar-refractivity contribution is 7.92. The van der Waals surface area contributed by atoms with Crippen molar-refractivity contribution in [2.45, 2.75) is 51.5 Å². The minimum atomic E-state index is -4.10. The normalized spacial score (nSPS) is 12.0. The van der Waals surface area contributed by atoms with Crippen molar-refractivity contribution in [2.75, 3.05) is 30.5 Å². The number of nitrogens with one attached hydrogen (secondary N) is 1. The molecule has 1 atom stereocenters. The van der Waals surface area contributed by atoms with Crippen LogP contribution in [0.1, 0.15) is 39.7 Å². The monoisotopic (exact) mass is 579 g/mol. The quantitative estimate of drug-likeness (QED) is 0.276. The average Bonchev–Trinajstić information content (AvgIpc) is 2.98. The van der Waals surface area contributed by atoms with E-state index in [2.05, 4.69) is 5.32 Å². The van der Waals surface area contributed by atoms with Gasteiger partial charge >= 0.3 is 0 Å². The van der Waals surface area contributed by atoms with Gasteiger partial charge in [-0.25, -0.2) is 8.42 Å². The first-order valence-corrected chi connectivity index (χ1v) is 15.5. The van der Waals surface area contributed by atoms with Crippen molar-refractivity contribution in [3.05, 3.63) is 90.5 Å². The highest BCUT2D eigenvalue weighted by Gasteiger charge is 2.33. The van der Waals surface area contributed by atoms with Crippen molar-refractivity contribution < 1.29 is 22.7 Å². The Kier molecular flexibility index (Phi) is 11.8. The van der Waals surface area contributed by atoms with Crippen LogP contribution in [0.3, 0.4) is 0 Å². The maximum absolute atomic E-state index is 14.1. The lowest BCUT2D eigenvalue weighted by molar-refractivity contribution is -0.139. The molecular weight excluding hydrogens is 538 g/mol. The zero-order valence-corrected chi connectivity index (χ0v) is 25.1. The van der Waals surface area contributed by atoms with Crippen molar-refractivity contribution in [3.8, 4) is 5.75 Å². The molecule has 0 aliphatic rings. The topological polar surface area (TPSA) is 96.0 Å². The lowest BCUT2D eigenvalue weighted by Gasteiger charge is -2.33. The number of sulfonamides is 1. The van der Waals surface area contributed by atoms with Gasteiger partial charge in [0.2, 0.25) is 11.8 Å². The second kappa shape index (κ2) is 15.2. The number of carbonyl (C=O) groups is 2. The number of benzene rings is 3. The third-order valence-corrected chi connectivity index (χ3v) is 8.39. The van der Waals surface area contributed by atoms with Gasteiger partial charge in [0.15, 0.2) is 0 Å². The Balaban J connectivity index is 1.98. The summed E-state index contributed by atoms with van der Waals surface area (Å²) in [5, 5.41) is 2.95. The van der Waals surface area contributed by atoms with Gasteiger partial charge in [-0.05, 0) is 67.6 Å². The van der Waals surface area contributed by atoms with Crippen molar-refractivity contribution in [3.63, 3.8) is 0 Å². The number of ether oxygens (including phenoxy) is 1. The van der Waals surface area contributed by atoms with Crippen molar-refractivity contribution in [1.82, 2.24) is 10.2 Å². The SMILES string of the molecule is CCOc1ccc(N(CC(=O)N(CCc2ccccc2)C(CC)C(=O)NCC(C)C)S(=O)(=O)c2ccccc2)cc1. The fraction of sp³-hybridized carbons (Fsp3) is 0.375. The van der Waals surface area contributed by atoms with Gasteiger partial charge in [-0.2, -0.15) is 0 Å². The molecule has 0 radical (unpaired) electrons. The zero-order chi connectivity index (χ0) is 29.8. The molecule has 0 bridgehead atoms. The van der Waals surface area contributed by atoms with E-state index in [0.29, 0.717) is 37.4 Å². The number of hydrogen-bond acceptors (Lipinski definition) is 5. The van der Waals surface area contributed by atoms with Gasteiger partial charge in [0.1, 0.15) is 18.3 Å². The van der Waals surface area contributed by atoms with E-state index in [1.165, 1.54) is 17.0 Å². The van der Waals surface area contributed by atoms with Gasteiger partial charge in [-0.15, -0.1) is 0 Å². The van der Waals surface area contributed by atoms with Crippen LogP contribution in [-0.2, 0) is 26.0 Å². The van der Waals surface area contributed by atoms with Gasteiger partial charge in [-0.1, -0.05) is 69.3 Å². The van der Waals surface area contributed by atoms with Crippen LogP contribution in [0.5, 0.6) is 5.75 Å². The number of hydrogen-bond donors (Lipinski definition) is 1. The van der Waals surface area contributed by atoms with Gasteiger partial charge in [0.05, 0.1) is 17.2 Å². The Bertz CT molecular complexity index is 1350. The summed E-state index contributed by atoms with van der Waals surface area (Å²) in [6.07, 6.45) is 0.911. The molecule has 8 nitrogen and oxygen atoms in total. The molecule has 220 valence electrons. The first-order valence-electron chi connectivity index (χ1n) is 14.1. The first kappa shape index (κ1) is 31.7. The molecule has 2 amide bonds. The van der Waals surface area contributed by atoms with Crippen molar-refractivity contribution in [1.29, 1.82) is 0 Å². The van der Waals surface area contributed by atoms with E-state index < -0.39 is 28.5 Å². The van der Waals surface area contributed by atoms with Crippen LogP contribution in [-0.4, -0.2) is 57.4 Å². The van der Waals surface area contributed by atoms with Crippen LogP contribution >= 0.6 is 0 Å². The standard InChI is InChI=1S/C32H41N3O5S/c1-5-30(32(37)33-23-25(3)4)34(22-21-26-13-9-7-10-14-26)31(36)24-35(27-17-19-28(20-18-27)40-6-2)41(38,39)29-15-11-8-12-16-29/h7-20,25,30H,5-6,21-24H2,1-4H3,(H,33,37). The van der Waals surface area contributed by atoms with Gasteiger partial charge in [-0.3, -0.25) is 13.9 Å². The molecule has 3 rings (SSSR count). The summed E-state index contributed by atoms with van der Waals surface area (Å²) >= 11 is 0. The van der Waals surface area contributed by atoms with Crippen molar-refractivity contribution in [2.24, 2.45) is 5.92 Å². The van der Waals surface area contributed by atoms with E-state index >= 15 is 0 Å². The predicted molar refractivity (Wildman–Crippen MR) is 162 cm³/mol. The summed E-state index contributed by atoms with van der Waals surface area (Å²) in [5.41, 5.74) is 1.34. The Morgan fingerprint density at radius 1 is 0.878 bits per heavy atom. The molecule has 1 unspecified atom stereocenters. The molecule has 41 heavy (non-hydrogen) atoms. The smallest absolute Gasteiger partial charge is 0.264 e. The first-order chi connectivity index (χ1) is 19.7. The largest absolute Gasteiger partial charge is 0.494 e. The number of amides is 2. The fourth-order valence-corrected chi connectivity index (χ4v) is 5.88. The highest BCUT2D eigenvalue weighted by Crippen LogP contribution is 2.26. The second-order valence-electron chi connectivity index (χ2n) is 10.1. The summed E-state index contributed by atoms with van der Waals surface area (Å²) in [6, 6.07) is 23.6. The van der Waals surface area contributed by atoms with Crippen LogP contribution in [0.4, 0.5) is 5.69 Å². The lowest BCUT2D eigenvalue weighted by Crippen LogP contribution is -2.53. The number of anilines is 1. The average molecular weight is 580 g/mol. The number of rotatable bonds is 15. The van der Waals surface area contributed by atoms with Crippen molar-refractivity contribution >= 4 is 27.5 Å². The summed E-state index contributed by atoms with van der Waals surface area (Å²) in [5.74, 6) is 0.134. The van der Waals surface area contributed by atoms with Gasteiger partial charge in [0, 0.05) is 13.1 Å². The van der Waals surface area contributed by atoms with E-state index in [9.17, 15) is 18.0 Å². The summed E-state index contributed by atoms with van der Waals surface area (Å²) in [7, 11) is -4.10. The molecule has 0 aliphatic heterocycles. The van der Waals surface area contributed by atoms with Crippen LogP contribution in [0.2, 0.25) is 0 Å². The van der Waals surface area contributed by atoms with Crippen LogP contribution in [0.25, 0.3) is 0 Å². The molecule has 0 fully saturated rings. The minimum absolute atomic E-state index is 0.0687. The number of carbonyl (C=O) groups excluding carboxylic acids is 2. The Labute approximate surface area is 244 Å².